The highest BCUT2D eigenvalue weighted by Gasteiger charge is 2.96. The Kier molecular flexibility index (Phi) is 0.753. The lowest BCUT2D eigenvalue weighted by molar-refractivity contribution is 0.360. The molecule has 0 aromatic carbocycles. The second-order valence-corrected chi connectivity index (χ2v) is 6.51. The molecular weight excluding hydrogens is 156 g/mol. The molecule has 6 fully saturated rings. The maximum absolute atomic E-state index is 2.36. The van der Waals surface area contributed by atoms with Crippen LogP contribution in [-0.2, 0) is 0 Å². The largest absolute Gasteiger partial charge is 0.0654 e. The lowest BCUT2D eigenvalue weighted by Gasteiger charge is -2.13. The van der Waals surface area contributed by atoms with Crippen molar-refractivity contribution in [2.24, 2.45) is 46.8 Å². The van der Waals surface area contributed by atoms with E-state index in [9.17, 15) is 0 Å². The lowest BCUT2D eigenvalue weighted by Crippen LogP contribution is -2.05. The first-order chi connectivity index (χ1) is 6.41. The van der Waals surface area contributed by atoms with Gasteiger partial charge in [-0.15, -0.1) is 0 Å². The van der Waals surface area contributed by atoms with Crippen LogP contribution in [0, 0.1) is 46.8 Å². The van der Waals surface area contributed by atoms with Crippen LogP contribution < -0.4 is 0 Å². The van der Waals surface area contributed by atoms with E-state index in [1.807, 2.05) is 0 Å². The Labute approximate surface area is 80.1 Å². The zero-order chi connectivity index (χ0) is 8.37. The minimum Gasteiger partial charge on any atom is -0.0654 e. The number of unbranched alkanes of at least 4 members (excludes halogenated alkanes) is 1. The molecule has 6 saturated carbocycles. The Hall–Kier alpha value is 0. The van der Waals surface area contributed by atoms with Crippen LogP contribution in [0.25, 0.3) is 0 Å². The zero-order valence-electron chi connectivity index (χ0n) is 8.37. The molecule has 0 N–H and O–H groups in total. The van der Waals surface area contributed by atoms with E-state index < -0.39 is 0 Å². The third-order valence-electron chi connectivity index (χ3n) is 6.69. The molecule has 0 nitrogen and oxygen atoms in total. The molecule has 2 bridgehead atoms. The molecule has 8 atom stereocenters. The minimum absolute atomic E-state index is 0.999. The maximum Gasteiger partial charge on any atom is -0.0195 e. The minimum atomic E-state index is 0.999. The molecule has 0 heterocycles. The summed E-state index contributed by atoms with van der Waals surface area (Å²) in [6.07, 6.45) is 6.26. The van der Waals surface area contributed by atoms with Crippen molar-refractivity contribution in [3.63, 3.8) is 0 Å². The third kappa shape index (κ3) is 0.397. The van der Waals surface area contributed by atoms with Crippen LogP contribution >= 0.6 is 0 Å². The predicted molar refractivity (Wildman–Crippen MR) is 51.0 cm³/mol. The van der Waals surface area contributed by atoms with Crippen molar-refractivity contribution in [2.45, 2.75) is 32.6 Å². The SMILES string of the molecule is CCCCC12C3[C@@H]4[C@H]5C[C@@H]([C@@H]34)[C@@H]1[C@H]52. The van der Waals surface area contributed by atoms with E-state index in [-0.39, 0.29) is 0 Å². The van der Waals surface area contributed by atoms with Gasteiger partial charge in [-0.25, -0.2) is 0 Å². The third-order valence-corrected chi connectivity index (χ3v) is 6.69. The van der Waals surface area contributed by atoms with Gasteiger partial charge in [0.05, 0.1) is 0 Å². The standard InChI is InChI=1S/C13H18/c1-2-3-4-13-10-6-5-7(11(10)13)9-8(6)12(9)13/h6-12H,2-5H2,1H3/t6-,7+,8-,9-,10+,11-,12?,13?/m1/s1. The van der Waals surface area contributed by atoms with E-state index in [1.165, 1.54) is 54.3 Å². The summed E-state index contributed by atoms with van der Waals surface area (Å²) in [6, 6.07) is 0. The van der Waals surface area contributed by atoms with E-state index in [0.29, 0.717) is 0 Å². The second-order valence-electron chi connectivity index (χ2n) is 6.51. The van der Waals surface area contributed by atoms with Gasteiger partial charge in [-0.1, -0.05) is 19.8 Å². The molecule has 0 radical (unpaired) electrons. The molecule has 2 unspecified atom stereocenters. The van der Waals surface area contributed by atoms with E-state index in [1.54, 1.807) is 12.8 Å². The molecule has 0 spiro atoms. The normalized spacial score (nSPS) is 77.8. The first-order valence-electron chi connectivity index (χ1n) is 6.41. The summed E-state index contributed by atoms with van der Waals surface area (Å²) in [4.78, 5) is 0. The van der Waals surface area contributed by atoms with Crippen molar-refractivity contribution < 1.29 is 0 Å². The molecule has 0 heteroatoms. The number of hydrogen-bond acceptors (Lipinski definition) is 0. The monoisotopic (exact) mass is 174 g/mol. The molecule has 0 saturated heterocycles. The van der Waals surface area contributed by atoms with Gasteiger partial charge in [-0.2, -0.15) is 0 Å². The van der Waals surface area contributed by atoms with Crippen LogP contribution in [0.4, 0.5) is 0 Å². The van der Waals surface area contributed by atoms with E-state index in [2.05, 4.69) is 6.92 Å². The lowest BCUT2D eigenvalue weighted by atomic mass is 9.92. The van der Waals surface area contributed by atoms with Gasteiger partial charge in [0, 0.05) is 0 Å². The molecule has 6 rings (SSSR count). The zero-order valence-corrected chi connectivity index (χ0v) is 8.37. The summed E-state index contributed by atoms with van der Waals surface area (Å²) in [5.41, 5.74) is 0.999. The molecule has 0 aromatic heterocycles. The van der Waals surface area contributed by atoms with Gasteiger partial charge in [0.25, 0.3) is 0 Å². The summed E-state index contributed by atoms with van der Waals surface area (Å²) >= 11 is 0. The summed E-state index contributed by atoms with van der Waals surface area (Å²) in [5.74, 6) is 8.96. The van der Waals surface area contributed by atoms with Crippen molar-refractivity contribution in [1.82, 2.24) is 0 Å². The average Bonchev–Trinajstić information content (AvgIpc) is 2.90. The maximum atomic E-state index is 2.36. The fourth-order valence-electron chi connectivity index (χ4n) is 6.86. The van der Waals surface area contributed by atoms with Gasteiger partial charge >= 0.3 is 0 Å². The van der Waals surface area contributed by atoms with Crippen molar-refractivity contribution >= 4 is 0 Å². The van der Waals surface area contributed by atoms with Crippen LogP contribution in [-0.4, -0.2) is 0 Å². The number of rotatable bonds is 3. The summed E-state index contributed by atoms with van der Waals surface area (Å²) in [7, 11) is 0. The van der Waals surface area contributed by atoms with Crippen molar-refractivity contribution in [2.75, 3.05) is 0 Å². The van der Waals surface area contributed by atoms with Crippen LogP contribution in [0.1, 0.15) is 32.6 Å². The van der Waals surface area contributed by atoms with Crippen molar-refractivity contribution in [3.05, 3.63) is 0 Å². The molecule has 6 aliphatic carbocycles. The van der Waals surface area contributed by atoms with E-state index in [0.717, 1.165) is 5.41 Å². The molecule has 70 valence electrons. The quantitative estimate of drug-likeness (QED) is 0.617. The van der Waals surface area contributed by atoms with Gasteiger partial charge in [-0.3, -0.25) is 0 Å². The van der Waals surface area contributed by atoms with Crippen molar-refractivity contribution in [3.8, 4) is 0 Å². The van der Waals surface area contributed by atoms with Gasteiger partial charge in [0.15, 0.2) is 0 Å². The Morgan fingerprint density at radius 3 is 2.23 bits per heavy atom. The first kappa shape index (κ1) is 6.48. The van der Waals surface area contributed by atoms with Crippen LogP contribution in [0.2, 0.25) is 0 Å². The molecule has 0 aliphatic heterocycles. The predicted octanol–water partition coefficient (Wildman–Crippen LogP) is 2.93. The highest BCUT2D eigenvalue weighted by Crippen LogP contribution is 3.00. The van der Waals surface area contributed by atoms with Gasteiger partial charge in [0.2, 0.25) is 0 Å². The summed E-state index contributed by atoms with van der Waals surface area (Å²) in [6.45, 7) is 2.36. The summed E-state index contributed by atoms with van der Waals surface area (Å²) < 4.78 is 0. The average molecular weight is 174 g/mol. The Morgan fingerprint density at radius 1 is 1.08 bits per heavy atom. The van der Waals surface area contributed by atoms with E-state index >= 15 is 0 Å². The van der Waals surface area contributed by atoms with E-state index in [4.69, 9.17) is 0 Å². The molecular formula is C13H18. The fraction of sp³-hybridized carbons (Fsp3) is 1.00. The van der Waals surface area contributed by atoms with Crippen molar-refractivity contribution in [1.29, 1.82) is 0 Å². The smallest absolute Gasteiger partial charge is 0.0195 e. The highest BCUT2D eigenvalue weighted by atomic mass is 15.0. The topological polar surface area (TPSA) is 0 Å². The number of hydrogen-bond donors (Lipinski definition) is 0. The highest BCUT2D eigenvalue weighted by molar-refractivity contribution is 5.43. The Balaban J connectivity index is 1.57. The van der Waals surface area contributed by atoms with Gasteiger partial charge < -0.3 is 0 Å². The van der Waals surface area contributed by atoms with Gasteiger partial charge in [-0.05, 0) is 59.7 Å². The first-order valence-corrected chi connectivity index (χ1v) is 6.41. The molecule has 6 aliphatic rings. The molecule has 0 amide bonds. The second kappa shape index (κ2) is 1.51. The fourth-order valence-corrected chi connectivity index (χ4v) is 6.86. The van der Waals surface area contributed by atoms with Gasteiger partial charge in [0.1, 0.15) is 0 Å². The Bertz CT molecular complexity index is 278. The molecule has 13 heavy (non-hydrogen) atoms. The van der Waals surface area contributed by atoms with Crippen LogP contribution in [0.5, 0.6) is 0 Å². The van der Waals surface area contributed by atoms with Crippen LogP contribution in [0.15, 0.2) is 0 Å². The summed E-state index contributed by atoms with van der Waals surface area (Å²) in [5, 5.41) is 0. The molecule has 0 aromatic rings. The van der Waals surface area contributed by atoms with Crippen LogP contribution in [0.3, 0.4) is 0 Å². The Morgan fingerprint density at radius 2 is 1.77 bits per heavy atom.